The van der Waals surface area contributed by atoms with Crippen LogP contribution in [0.4, 0.5) is 0 Å². The molecule has 1 heterocycles. The third-order valence-corrected chi connectivity index (χ3v) is 2.66. The number of hydrogen-bond donors (Lipinski definition) is 2. The molecular weight excluding hydrogens is 214 g/mol. The van der Waals surface area contributed by atoms with E-state index in [9.17, 15) is 14.7 Å². The number of carbonyl (C=O) groups excluding carboxylic acids is 2. The Morgan fingerprint density at radius 3 is 2.81 bits per heavy atom. The molecule has 0 bridgehead atoms. The van der Waals surface area contributed by atoms with Gasteiger partial charge in [0.1, 0.15) is 0 Å². The quantitative estimate of drug-likeness (QED) is 0.610. The molecule has 0 saturated carbocycles. The van der Waals surface area contributed by atoms with Crippen LogP contribution in [-0.2, 0) is 19.1 Å². The third kappa shape index (κ3) is 3.18. The summed E-state index contributed by atoms with van der Waals surface area (Å²) in [6.07, 6.45) is -0.761. The molecule has 1 fully saturated rings. The number of aliphatic hydroxyl groups is 1. The van der Waals surface area contributed by atoms with Gasteiger partial charge < -0.3 is 19.9 Å². The summed E-state index contributed by atoms with van der Waals surface area (Å²) < 4.78 is 9.57. The van der Waals surface area contributed by atoms with Gasteiger partial charge in [0.25, 0.3) is 0 Å². The van der Waals surface area contributed by atoms with Gasteiger partial charge in [-0.25, -0.2) is 4.79 Å². The normalized spacial score (nSPS) is 26.2. The molecule has 1 aliphatic heterocycles. The number of rotatable bonds is 4. The monoisotopic (exact) mass is 231 g/mol. The zero-order valence-corrected chi connectivity index (χ0v) is 9.43. The van der Waals surface area contributed by atoms with Crippen LogP contribution in [0.3, 0.4) is 0 Å². The minimum atomic E-state index is -1.31. The van der Waals surface area contributed by atoms with Crippen molar-refractivity contribution in [1.29, 1.82) is 0 Å². The minimum Gasteiger partial charge on any atom is -0.467 e. The molecule has 0 aliphatic carbocycles. The van der Waals surface area contributed by atoms with E-state index in [0.717, 1.165) is 0 Å². The van der Waals surface area contributed by atoms with Crippen LogP contribution in [-0.4, -0.2) is 49.5 Å². The molecule has 92 valence electrons. The number of hydrogen-bond acceptors (Lipinski definition) is 5. The van der Waals surface area contributed by atoms with Gasteiger partial charge >= 0.3 is 5.97 Å². The number of methoxy groups -OCH3 is 1. The first-order valence-electron chi connectivity index (χ1n) is 5.21. The summed E-state index contributed by atoms with van der Waals surface area (Å²) in [6.45, 7) is 2.27. The van der Waals surface area contributed by atoms with Gasteiger partial charge in [0, 0.05) is 6.61 Å². The smallest absolute Gasteiger partial charge is 0.336 e. The second kappa shape index (κ2) is 5.81. The van der Waals surface area contributed by atoms with E-state index in [-0.39, 0.29) is 24.5 Å². The molecule has 0 spiro atoms. The van der Waals surface area contributed by atoms with Crippen molar-refractivity contribution in [2.75, 3.05) is 20.3 Å². The molecule has 0 aromatic heterocycles. The van der Waals surface area contributed by atoms with Crippen LogP contribution in [0.25, 0.3) is 0 Å². The van der Waals surface area contributed by atoms with Gasteiger partial charge in [0.05, 0.1) is 25.7 Å². The highest BCUT2D eigenvalue weighted by molar-refractivity contribution is 5.81. The molecule has 0 radical (unpaired) electrons. The second-order valence-corrected chi connectivity index (χ2v) is 3.76. The molecule has 1 rings (SSSR count). The summed E-state index contributed by atoms with van der Waals surface area (Å²) in [5, 5.41) is 11.8. The molecule has 0 aromatic rings. The van der Waals surface area contributed by atoms with Crippen molar-refractivity contribution < 1.29 is 24.2 Å². The number of amides is 1. The second-order valence-electron chi connectivity index (χ2n) is 3.76. The number of aliphatic hydroxyl groups excluding tert-OH is 1. The fourth-order valence-corrected chi connectivity index (χ4v) is 1.62. The van der Waals surface area contributed by atoms with E-state index in [1.165, 1.54) is 7.11 Å². The SMILES string of the molecule is COC(=O)C(O)CNC(=O)C1CCOC1C. The Bertz CT molecular complexity index is 268. The standard InChI is InChI=1S/C10H17NO5/c1-6-7(3-4-16-6)9(13)11-5-8(12)10(14)15-2/h6-8,12H,3-5H2,1-2H3,(H,11,13). The lowest BCUT2D eigenvalue weighted by Crippen LogP contribution is -2.41. The lowest BCUT2D eigenvalue weighted by molar-refractivity contribution is -0.150. The summed E-state index contributed by atoms with van der Waals surface area (Å²) in [5.41, 5.74) is 0. The van der Waals surface area contributed by atoms with E-state index in [0.29, 0.717) is 13.0 Å². The molecule has 6 heteroatoms. The largest absolute Gasteiger partial charge is 0.467 e. The van der Waals surface area contributed by atoms with Crippen LogP contribution < -0.4 is 5.32 Å². The molecule has 0 aromatic carbocycles. The summed E-state index contributed by atoms with van der Waals surface area (Å²) in [5.74, 6) is -1.16. The fraction of sp³-hybridized carbons (Fsp3) is 0.800. The van der Waals surface area contributed by atoms with E-state index >= 15 is 0 Å². The number of nitrogens with one attached hydrogen (secondary N) is 1. The van der Waals surface area contributed by atoms with Gasteiger partial charge in [-0.1, -0.05) is 0 Å². The zero-order valence-electron chi connectivity index (χ0n) is 9.43. The molecule has 2 N–H and O–H groups in total. The highest BCUT2D eigenvalue weighted by Crippen LogP contribution is 2.20. The third-order valence-electron chi connectivity index (χ3n) is 2.66. The van der Waals surface area contributed by atoms with Crippen molar-refractivity contribution >= 4 is 11.9 Å². The van der Waals surface area contributed by atoms with Gasteiger partial charge in [0.15, 0.2) is 6.10 Å². The van der Waals surface area contributed by atoms with Crippen LogP contribution >= 0.6 is 0 Å². The Morgan fingerprint density at radius 1 is 1.62 bits per heavy atom. The Kier molecular flexibility index (Phi) is 4.70. The maximum Gasteiger partial charge on any atom is 0.336 e. The van der Waals surface area contributed by atoms with Crippen molar-refractivity contribution in [2.24, 2.45) is 5.92 Å². The zero-order chi connectivity index (χ0) is 12.1. The van der Waals surface area contributed by atoms with Crippen LogP contribution in [0.1, 0.15) is 13.3 Å². The molecule has 1 amide bonds. The van der Waals surface area contributed by atoms with Crippen molar-refractivity contribution in [3.8, 4) is 0 Å². The van der Waals surface area contributed by atoms with E-state index in [1.807, 2.05) is 6.92 Å². The van der Waals surface area contributed by atoms with Crippen LogP contribution in [0, 0.1) is 5.92 Å². The molecule has 6 nitrogen and oxygen atoms in total. The van der Waals surface area contributed by atoms with Gasteiger partial charge in [-0.05, 0) is 13.3 Å². The summed E-state index contributed by atoms with van der Waals surface area (Å²) in [4.78, 5) is 22.5. The van der Waals surface area contributed by atoms with Crippen molar-refractivity contribution in [2.45, 2.75) is 25.6 Å². The maximum atomic E-state index is 11.6. The van der Waals surface area contributed by atoms with Crippen molar-refractivity contribution in [1.82, 2.24) is 5.32 Å². The molecular formula is C10H17NO5. The van der Waals surface area contributed by atoms with Gasteiger partial charge in [0.2, 0.25) is 5.91 Å². The Labute approximate surface area is 93.9 Å². The van der Waals surface area contributed by atoms with Gasteiger partial charge in [-0.15, -0.1) is 0 Å². The first-order chi connectivity index (χ1) is 7.56. The molecule has 1 saturated heterocycles. The van der Waals surface area contributed by atoms with Crippen molar-refractivity contribution in [3.63, 3.8) is 0 Å². The Balaban J connectivity index is 2.32. The predicted octanol–water partition coefficient (Wildman–Crippen LogP) is -0.938. The Hall–Kier alpha value is -1.14. The summed E-state index contributed by atoms with van der Waals surface area (Å²) >= 11 is 0. The fourth-order valence-electron chi connectivity index (χ4n) is 1.62. The lowest BCUT2D eigenvalue weighted by Gasteiger charge is -2.15. The highest BCUT2D eigenvalue weighted by atomic mass is 16.5. The first-order valence-corrected chi connectivity index (χ1v) is 5.21. The van der Waals surface area contributed by atoms with Crippen LogP contribution in [0.15, 0.2) is 0 Å². The average molecular weight is 231 g/mol. The Morgan fingerprint density at radius 2 is 2.31 bits per heavy atom. The predicted molar refractivity (Wildman–Crippen MR) is 54.6 cm³/mol. The molecule has 16 heavy (non-hydrogen) atoms. The highest BCUT2D eigenvalue weighted by Gasteiger charge is 2.31. The van der Waals surface area contributed by atoms with E-state index < -0.39 is 12.1 Å². The lowest BCUT2D eigenvalue weighted by atomic mass is 10.0. The molecule has 1 aliphatic rings. The molecule has 3 atom stereocenters. The van der Waals surface area contributed by atoms with Gasteiger partial charge in [-0.3, -0.25) is 4.79 Å². The van der Waals surface area contributed by atoms with Gasteiger partial charge in [-0.2, -0.15) is 0 Å². The topological polar surface area (TPSA) is 84.9 Å². The van der Waals surface area contributed by atoms with Crippen LogP contribution in [0.2, 0.25) is 0 Å². The minimum absolute atomic E-state index is 0.115. The summed E-state index contributed by atoms with van der Waals surface area (Å²) in [7, 11) is 1.18. The number of ether oxygens (including phenoxy) is 2. The summed E-state index contributed by atoms with van der Waals surface area (Å²) in [6, 6.07) is 0. The van der Waals surface area contributed by atoms with E-state index in [1.54, 1.807) is 0 Å². The number of carbonyl (C=O) groups is 2. The van der Waals surface area contributed by atoms with Crippen LogP contribution in [0.5, 0.6) is 0 Å². The first kappa shape index (κ1) is 12.9. The van der Waals surface area contributed by atoms with E-state index in [2.05, 4.69) is 10.1 Å². The van der Waals surface area contributed by atoms with E-state index in [4.69, 9.17) is 4.74 Å². The maximum absolute atomic E-state index is 11.6. The van der Waals surface area contributed by atoms with Crippen molar-refractivity contribution in [3.05, 3.63) is 0 Å². The average Bonchev–Trinajstić information content (AvgIpc) is 2.70. The molecule has 3 unspecified atom stereocenters. The number of esters is 1.